The summed E-state index contributed by atoms with van der Waals surface area (Å²) in [4.78, 5) is 16.0. The van der Waals surface area contributed by atoms with Gasteiger partial charge in [0.25, 0.3) is 0 Å². The molecule has 1 aliphatic heterocycles. The van der Waals surface area contributed by atoms with E-state index in [4.69, 9.17) is 0 Å². The number of piperazine rings is 1. The minimum atomic E-state index is -4.34. The smallest absolute Gasteiger partial charge is 0.368 e. The number of hydrogen-bond donors (Lipinski definition) is 1. The maximum atomic E-state index is 12.7. The van der Waals surface area contributed by atoms with Crippen LogP contribution >= 0.6 is 0 Å². The van der Waals surface area contributed by atoms with Gasteiger partial charge in [-0.25, -0.2) is 9.48 Å². The van der Waals surface area contributed by atoms with E-state index in [9.17, 15) is 18.0 Å². The highest BCUT2D eigenvalue weighted by Gasteiger charge is 2.30. The Bertz CT molecular complexity index is 782. The Hall–Kier alpha value is -2.85. The second-order valence-corrected chi connectivity index (χ2v) is 6.35. The van der Waals surface area contributed by atoms with Crippen LogP contribution in [0.2, 0.25) is 0 Å². The first kappa shape index (κ1) is 18.9. The highest BCUT2D eigenvalue weighted by Crippen LogP contribution is 2.30. The molecule has 1 aromatic carbocycles. The van der Waals surface area contributed by atoms with Gasteiger partial charge in [0.05, 0.1) is 11.6 Å². The number of hydrogen-bond acceptors (Lipinski definition) is 5. The predicted octanol–water partition coefficient (Wildman–Crippen LogP) is 1.82. The summed E-state index contributed by atoms with van der Waals surface area (Å²) in [6.07, 6.45) is -4.34. The lowest BCUT2D eigenvalue weighted by molar-refractivity contribution is -0.137. The predicted molar refractivity (Wildman–Crippen MR) is 91.0 cm³/mol. The Kier molecular flexibility index (Phi) is 5.19. The van der Waals surface area contributed by atoms with E-state index in [-0.39, 0.29) is 12.1 Å². The molecule has 2 aromatic rings. The number of amides is 2. The first-order valence-corrected chi connectivity index (χ1v) is 8.45. The van der Waals surface area contributed by atoms with Crippen LogP contribution in [0.3, 0.4) is 0 Å². The lowest BCUT2D eigenvalue weighted by atomic mass is 10.1. The van der Waals surface area contributed by atoms with Gasteiger partial charge in [-0.3, -0.25) is 0 Å². The fraction of sp³-hybridized carbons (Fsp3) is 0.500. The van der Waals surface area contributed by atoms with E-state index in [1.807, 2.05) is 4.90 Å². The van der Waals surface area contributed by atoms with Crippen molar-refractivity contribution in [1.82, 2.24) is 30.4 Å². The maximum Gasteiger partial charge on any atom is 0.416 e. The molecule has 1 aromatic heterocycles. The van der Waals surface area contributed by atoms with Crippen LogP contribution in [0.1, 0.15) is 24.4 Å². The molecular weight excluding hydrogens is 363 g/mol. The molecule has 2 amide bonds. The van der Waals surface area contributed by atoms with Crippen LogP contribution in [0.25, 0.3) is 0 Å². The van der Waals surface area contributed by atoms with Crippen molar-refractivity contribution < 1.29 is 18.0 Å². The number of aryl methyl sites for hydroxylation is 1. The number of rotatable bonds is 3. The van der Waals surface area contributed by atoms with Crippen LogP contribution in [0.15, 0.2) is 24.3 Å². The Morgan fingerprint density at radius 3 is 2.30 bits per heavy atom. The Labute approximate surface area is 153 Å². The second-order valence-electron chi connectivity index (χ2n) is 6.35. The van der Waals surface area contributed by atoms with E-state index >= 15 is 0 Å². The van der Waals surface area contributed by atoms with Crippen molar-refractivity contribution >= 4 is 11.7 Å². The van der Waals surface area contributed by atoms with E-state index in [2.05, 4.69) is 20.8 Å². The Balaban J connectivity index is 1.54. The minimum absolute atomic E-state index is 0.224. The molecule has 1 atom stereocenters. The van der Waals surface area contributed by atoms with Crippen LogP contribution in [-0.2, 0) is 13.2 Å². The third-order valence-electron chi connectivity index (χ3n) is 4.51. The van der Waals surface area contributed by atoms with Gasteiger partial charge in [0.2, 0.25) is 0 Å². The van der Waals surface area contributed by atoms with Crippen molar-refractivity contribution in [1.29, 1.82) is 0 Å². The van der Waals surface area contributed by atoms with E-state index in [0.29, 0.717) is 37.7 Å². The first-order chi connectivity index (χ1) is 12.8. The summed E-state index contributed by atoms with van der Waals surface area (Å²) in [6.45, 7) is 3.81. The number of halogens is 3. The van der Waals surface area contributed by atoms with Crippen molar-refractivity contribution in [2.75, 3.05) is 31.1 Å². The molecule has 0 spiro atoms. The van der Waals surface area contributed by atoms with Crippen molar-refractivity contribution in [2.24, 2.45) is 7.05 Å². The first-order valence-electron chi connectivity index (χ1n) is 8.45. The zero-order valence-corrected chi connectivity index (χ0v) is 14.9. The fourth-order valence-corrected chi connectivity index (χ4v) is 2.97. The molecule has 11 heteroatoms. The molecule has 1 N–H and O–H groups in total. The summed E-state index contributed by atoms with van der Waals surface area (Å²) < 4.78 is 39.5. The molecule has 3 rings (SSSR count). The lowest BCUT2D eigenvalue weighted by Gasteiger charge is -2.36. The summed E-state index contributed by atoms with van der Waals surface area (Å²) in [5, 5.41) is 14.0. The van der Waals surface area contributed by atoms with Crippen LogP contribution in [0, 0.1) is 0 Å². The Morgan fingerprint density at radius 1 is 1.15 bits per heavy atom. The molecule has 0 radical (unpaired) electrons. The summed E-state index contributed by atoms with van der Waals surface area (Å²) >= 11 is 0. The standard InChI is InChI=1S/C16H20F3N7O/c1-11(14-21-22-23-24(14)2)20-15(27)26-9-7-25(8-10-26)13-5-3-12(4-6-13)16(17,18)19/h3-6,11H,7-10H2,1-2H3,(H,20,27). The van der Waals surface area contributed by atoms with Gasteiger partial charge in [0.15, 0.2) is 5.82 Å². The number of carbonyl (C=O) groups excluding carboxylic acids is 1. The SMILES string of the molecule is CC(NC(=O)N1CCN(c2ccc(C(F)(F)F)cc2)CC1)c1nnnn1C. The average molecular weight is 383 g/mol. The number of urea groups is 1. The van der Waals surface area contributed by atoms with Crippen molar-refractivity contribution in [3.8, 4) is 0 Å². The zero-order chi connectivity index (χ0) is 19.6. The van der Waals surface area contributed by atoms with Crippen LogP contribution in [0.4, 0.5) is 23.7 Å². The molecule has 27 heavy (non-hydrogen) atoms. The molecule has 1 fully saturated rings. The van der Waals surface area contributed by atoms with Gasteiger partial charge in [-0.05, 0) is 41.6 Å². The average Bonchev–Trinajstić information content (AvgIpc) is 3.07. The van der Waals surface area contributed by atoms with Crippen LogP contribution in [-0.4, -0.2) is 57.3 Å². The van der Waals surface area contributed by atoms with Gasteiger partial charge in [-0.2, -0.15) is 13.2 Å². The van der Waals surface area contributed by atoms with Crippen molar-refractivity contribution in [3.63, 3.8) is 0 Å². The molecule has 1 unspecified atom stereocenters. The highest BCUT2D eigenvalue weighted by atomic mass is 19.4. The Morgan fingerprint density at radius 2 is 1.78 bits per heavy atom. The number of alkyl halides is 3. The van der Waals surface area contributed by atoms with E-state index in [1.54, 1.807) is 18.9 Å². The van der Waals surface area contributed by atoms with Gasteiger partial charge in [-0.1, -0.05) is 0 Å². The van der Waals surface area contributed by atoms with Gasteiger partial charge < -0.3 is 15.1 Å². The van der Waals surface area contributed by atoms with Gasteiger partial charge >= 0.3 is 12.2 Å². The molecule has 2 heterocycles. The molecule has 0 saturated carbocycles. The number of nitrogens with one attached hydrogen (secondary N) is 1. The highest BCUT2D eigenvalue weighted by molar-refractivity contribution is 5.75. The maximum absolute atomic E-state index is 12.7. The van der Waals surface area contributed by atoms with Crippen molar-refractivity contribution in [3.05, 3.63) is 35.7 Å². The monoisotopic (exact) mass is 383 g/mol. The molecule has 8 nitrogen and oxygen atoms in total. The van der Waals surface area contributed by atoms with E-state index in [1.165, 1.54) is 16.8 Å². The molecular formula is C16H20F3N7O. The summed E-state index contributed by atoms with van der Waals surface area (Å²) in [5.41, 5.74) is 0.0399. The molecule has 0 bridgehead atoms. The normalized spacial score (nSPS) is 16.3. The van der Waals surface area contributed by atoms with Crippen molar-refractivity contribution in [2.45, 2.75) is 19.1 Å². The summed E-state index contributed by atoms with van der Waals surface area (Å²) in [6, 6.07) is 4.50. The van der Waals surface area contributed by atoms with Gasteiger partial charge in [0, 0.05) is 38.9 Å². The zero-order valence-electron chi connectivity index (χ0n) is 14.9. The number of carbonyl (C=O) groups is 1. The fourth-order valence-electron chi connectivity index (χ4n) is 2.97. The molecule has 1 aliphatic rings. The third-order valence-corrected chi connectivity index (χ3v) is 4.51. The van der Waals surface area contributed by atoms with E-state index < -0.39 is 11.7 Å². The summed E-state index contributed by atoms with van der Waals surface area (Å²) in [5.74, 6) is 0.548. The number of nitrogens with zero attached hydrogens (tertiary/aromatic N) is 6. The third kappa shape index (κ3) is 4.29. The molecule has 146 valence electrons. The molecule has 0 aliphatic carbocycles. The van der Waals surface area contributed by atoms with E-state index in [0.717, 1.165) is 12.1 Å². The number of benzene rings is 1. The number of aromatic nitrogens is 4. The largest absolute Gasteiger partial charge is 0.416 e. The van der Waals surface area contributed by atoms with Crippen LogP contribution in [0.5, 0.6) is 0 Å². The molecule has 1 saturated heterocycles. The number of tetrazole rings is 1. The second kappa shape index (κ2) is 7.41. The summed E-state index contributed by atoms with van der Waals surface area (Å²) in [7, 11) is 1.70. The topological polar surface area (TPSA) is 79.2 Å². The van der Waals surface area contributed by atoms with Crippen LogP contribution < -0.4 is 10.2 Å². The quantitative estimate of drug-likeness (QED) is 0.875. The minimum Gasteiger partial charge on any atom is -0.368 e. The van der Waals surface area contributed by atoms with Gasteiger partial charge in [0.1, 0.15) is 0 Å². The lowest BCUT2D eigenvalue weighted by Crippen LogP contribution is -2.52. The number of anilines is 1. The van der Waals surface area contributed by atoms with Gasteiger partial charge in [-0.15, -0.1) is 5.10 Å².